The summed E-state index contributed by atoms with van der Waals surface area (Å²) in [4.78, 5) is 0. The van der Waals surface area contributed by atoms with Gasteiger partial charge in [0.15, 0.2) is 0 Å². The summed E-state index contributed by atoms with van der Waals surface area (Å²) in [7, 11) is 0. The zero-order valence-corrected chi connectivity index (χ0v) is 13.5. The number of benzene rings is 1. The van der Waals surface area contributed by atoms with Gasteiger partial charge in [0.1, 0.15) is 0 Å². The number of hydrogen-bond acceptors (Lipinski definition) is 1. The van der Waals surface area contributed by atoms with Crippen LogP contribution < -0.4 is 0 Å². The fraction of sp³-hybridized carbons (Fsp3) is 0.600. The molecule has 21 heavy (non-hydrogen) atoms. The molecule has 1 aromatic carbocycles. The Balaban J connectivity index is 1.56. The van der Waals surface area contributed by atoms with Gasteiger partial charge >= 0.3 is 0 Å². The third kappa shape index (κ3) is 3.51. The first kappa shape index (κ1) is 14.7. The van der Waals surface area contributed by atoms with Crippen molar-refractivity contribution in [3.05, 3.63) is 47.2 Å². The van der Waals surface area contributed by atoms with Gasteiger partial charge in [0.05, 0.1) is 12.4 Å². The molecular formula is C20H28O. The average Bonchev–Trinajstić information content (AvgIpc) is 2.56. The number of hydrogen-bond donors (Lipinski definition) is 0. The van der Waals surface area contributed by atoms with E-state index in [1.54, 1.807) is 11.1 Å². The molecule has 0 aromatic heterocycles. The lowest BCUT2D eigenvalue weighted by molar-refractivity contribution is 0.109. The van der Waals surface area contributed by atoms with Crippen LogP contribution in [0.4, 0.5) is 0 Å². The Labute approximate surface area is 129 Å². The van der Waals surface area contributed by atoms with Gasteiger partial charge in [0.2, 0.25) is 0 Å². The van der Waals surface area contributed by atoms with Crippen LogP contribution in [0.3, 0.4) is 0 Å². The summed E-state index contributed by atoms with van der Waals surface area (Å²) in [6.45, 7) is 4.38. The molecule has 0 spiro atoms. The normalized spacial score (nSPS) is 29.6. The Kier molecular flexibility index (Phi) is 4.67. The summed E-state index contributed by atoms with van der Waals surface area (Å²) in [5, 5.41) is 0. The third-order valence-electron chi connectivity index (χ3n) is 5.42. The predicted octanol–water partition coefficient (Wildman–Crippen LogP) is 5.74. The molecule has 1 aliphatic carbocycles. The molecule has 0 bridgehead atoms. The van der Waals surface area contributed by atoms with Crippen LogP contribution in [0.2, 0.25) is 0 Å². The van der Waals surface area contributed by atoms with Gasteiger partial charge in [-0.3, -0.25) is 0 Å². The number of ether oxygens (including phenoxy) is 1. The summed E-state index contributed by atoms with van der Waals surface area (Å²) < 4.78 is 5.86. The maximum atomic E-state index is 5.86. The Morgan fingerprint density at radius 1 is 0.952 bits per heavy atom. The second kappa shape index (κ2) is 6.68. The maximum absolute atomic E-state index is 5.86. The van der Waals surface area contributed by atoms with Crippen molar-refractivity contribution in [1.82, 2.24) is 0 Å². The Bertz CT molecular complexity index is 477. The lowest BCUT2D eigenvalue weighted by Gasteiger charge is -2.33. The minimum absolute atomic E-state index is 0.470. The Morgan fingerprint density at radius 2 is 1.62 bits per heavy atom. The van der Waals surface area contributed by atoms with E-state index in [-0.39, 0.29) is 0 Å². The van der Waals surface area contributed by atoms with Crippen LogP contribution in [0.25, 0.3) is 0 Å². The van der Waals surface area contributed by atoms with Gasteiger partial charge in [-0.05, 0) is 74.8 Å². The van der Waals surface area contributed by atoms with Crippen molar-refractivity contribution >= 4 is 0 Å². The molecule has 1 nitrogen and oxygen atoms in total. The van der Waals surface area contributed by atoms with Crippen LogP contribution in [0.5, 0.6) is 0 Å². The quantitative estimate of drug-likeness (QED) is 0.687. The van der Waals surface area contributed by atoms with Gasteiger partial charge in [-0.15, -0.1) is 0 Å². The predicted molar refractivity (Wildman–Crippen MR) is 88.4 cm³/mol. The molecule has 1 heteroatoms. The van der Waals surface area contributed by atoms with Gasteiger partial charge in [-0.25, -0.2) is 0 Å². The van der Waals surface area contributed by atoms with E-state index in [2.05, 4.69) is 44.4 Å². The molecule has 1 heterocycles. The van der Waals surface area contributed by atoms with Crippen molar-refractivity contribution in [2.75, 3.05) is 0 Å². The van der Waals surface area contributed by atoms with Gasteiger partial charge in [-0.1, -0.05) is 36.8 Å². The van der Waals surface area contributed by atoms with E-state index in [1.165, 1.54) is 44.1 Å². The van der Waals surface area contributed by atoms with Gasteiger partial charge in [0, 0.05) is 0 Å². The molecule has 0 saturated heterocycles. The highest BCUT2D eigenvalue weighted by Crippen LogP contribution is 2.40. The first-order valence-corrected chi connectivity index (χ1v) is 8.67. The summed E-state index contributed by atoms with van der Waals surface area (Å²) in [5.41, 5.74) is 4.49. The van der Waals surface area contributed by atoms with Crippen molar-refractivity contribution < 1.29 is 4.74 Å². The molecule has 3 rings (SSSR count). The molecule has 0 amide bonds. The minimum atomic E-state index is 0.470. The Hall–Kier alpha value is -1.24. The molecule has 0 radical (unpaired) electrons. The molecule has 1 fully saturated rings. The number of aryl methyl sites for hydroxylation is 1. The van der Waals surface area contributed by atoms with Crippen molar-refractivity contribution in [3.63, 3.8) is 0 Å². The van der Waals surface area contributed by atoms with Crippen molar-refractivity contribution in [2.24, 2.45) is 5.92 Å². The number of allylic oxidation sites excluding steroid dienone is 1. The lowest BCUT2D eigenvalue weighted by atomic mass is 9.75. The standard InChI is InChI=1S/C20H28O/c1-3-20-13-12-19(14-21-20)18-10-8-17(9-11-18)16-6-4-15(2)5-7-16/h4-7,14,17-18,20H,3,8-13H2,1-2H3. The van der Waals surface area contributed by atoms with E-state index < -0.39 is 0 Å². The van der Waals surface area contributed by atoms with E-state index in [0.717, 1.165) is 18.3 Å². The topological polar surface area (TPSA) is 9.23 Å². The highest BCUT2D eigenvalue weighted by Gasteiger charge is 2.26. The fourth-order valence-corrected chi connectivity index (χ4v) is 3.88. The second-order valence-electron chi connectivity index (χ2n) is 6.86. The van der Waals surface area contributed by atoms with Crippen molar-refractivity contribution in [3.8, 4) is 0 Å². The molecular weight excluding hydrogens is 256 g/mol. The van der Waals surface area contributed by atoms with Gasteiger partial charge in [0.25, 0.3) is 0 Å². The summed E-state index contributed by atoms with van der Waals surface area (Å²) in [6.07, 6.45) is 11.6. The summed E-state index contributed by atoms with van der Waals surface area (Å²) in [5.74, 6) is 1.56. The summed E-state index contributed by atoms with van der Waals surface area (Å²) >= 11 is 0. The average molecular weight is 284 g/mol. The third-order valence-corrected chi connectivity index (χ3v) is 5.42. The Morgan fingerprint density at radius 3 is 2.19 bits per heavy atom. The fourth-order valence-electron chi connectivity index (χ4n) is 3.88. The molecule has 2 aliphatic rings. The van der Waals surface area contributed by atoms with E-state index in [4.69, 9.17) is 4.74 Å². The zero-order chi connectivity index (χ0) is 14.7. The van der Waals surface area contributed by atoms with E-state index in [1.807, 2.05) is 0 Å². The first-order valence-electron chi connectivity index (χ1n) is 8.67. The number of rotatable bonds is 3. The molecule has 114 valence electrons. The van der Waals surface area contributed by atoms with Crippen molar-refractivity contribution in [1.29, 1.82) is 0 Å². The van der Waals surface area contributed by atoms with Crippen LogP contribution in [-0.2, 0) is 4.74 Å². The zero-order valence-electron chi connectivity index (χ0n) is 13.5. The van der Waals surface area contributed by atoms with Gasteiger partial charge < -0.3 is 4.74 Å². The van der Waals surface area contributed by atoms with Crippen LogP contribution in [0.1, 0.15) is 68.9 Å². The monoisotopic (exact) mass is 284 g/mol. The van der Waals surface area contributed by atoms with Crippen LogP contribution in [0, 0.1) is 12.8 Å². The molecule has 1 aromatic rings. The molecule has 1 atom stereocenters. The van der Waals surface area contributed by atoms with E-state index in [0.29, 0.717) is 6.10 Å². The highest BCUT2D eigenvalue weighted by molar-refractivity contribution is 5.25. The summed E-state index contributed by atoms with van der Waals surface area (Å²) in [6, 6.07) is 9.16. The second-order valence-corrected chi connectivity index (χ2v) is 6.86. The van der Waals surface area contributed by atoms with Crippen LogP contribution in [-0.4, -0.2) is 6.10 Å². The molecule has 0 N–H and O–H groups in total. The lowest BCUT2D eigenvalue weighted by Crippen LogP contribution is -2.20. The van der Waals surface area contributed by atoms with Crippen LogP contribution in [0.15, 0.2) is 36.1 Å². The SMILES string of the molecule is CCC1CCC(C2CCC(c3ccc(C)cc3)CC2)=CO1. The maximum Gasteiger partial charge on any atom is 0.0978 e. The van der Waals surface area contributed by atoms with Gasteiger partial charge in [-0.2, -0.15) is 0 Å². The molecule has 1 unspecified atom stereocenters. The van der Waals surface area contributed by atoms with E-state index in [9.17, 15) is 0 Å². The largest absolute Gasteiger partial charge is 0.498 e. The van der Waals surface area contributed by atoms with Crippen molar-refractivity contribution in [2.45, 2.75) is 70.8 Å². The van der Waals surface area contributed by atoms with E-state index >= 15 is 0 Å². The first-order chi connectivity index (χ1) is 10.3. The van der Waals surface area contributed by atoms with Crippen LogP contribution >= 0.6 is 0 Å². The molecule has 1 aliphatic heterocycles. The smallest absolute Gasteiger partial charge is 0.0978 e. The molecule has 1 saturated carbocycles. The highest BCUT2D eigenvalue weighted by atomic mass is 16.5. The minimum Gasteiger partial charge on any atom is -0.498 e.